The number of para-hydroxylation sites is 2. The predicted molar refractivity (Wildman–Crippen MR) is 85.7 cm³/mol. The molecule has 0 aromatic heterocycles. The fourth-order valence-corrected chi connectivity index (χ4v) is 2.95. The van der Waals surface area contributed by atoms with Crippen LogP contribution in [0.1, 0.15) is 5.56 Å². The van der Waals surface area contributed by atoms with Crippen molar-refractivity contribution in [1.29, 1.82) is 0 Å². The fraction of sp³-hybridized carbons (Fsp3) is 0.188. The van der Waals surface area contributed by atoms with E-state index in [1.807, 2.05) is 0 Å². The lowest BCUT2D eigenvalue weighted by molar-refractivity contribution is -0.133. The highest BCUT2D eigenvalue weighted by atomic mass is 32.2. The Morgan fingerprint density at radius 3 is 2.26 bits per heavy atom. The zero-order valence-corrected chi connectivity index (χ0v) is 13.4. The summed E-state index contributed by atoms with van der Waals surface area (Å²) in [6, 6.07) is 15.3. The first kappa shape index (κ1) is 17.0. The summed E-state index contributed by atoms with van der Waals surface area (Å²) < 4.78 is 36.2. The average molecular weight is 335 g/mol. The topological polar surface area (TPSA) is 81.7 Å². The molecule has 1 N–H and O–H groups in total. The first-order valence-electron chi connectivity index (χ1n) is 6.85. The minimum atomic E-state index is -3.62. The van der Waals surface area contributed by atoms with Crippen LogP contribution in [0.5, 0.6) is 11.5 Å². The highest BCUT2D eigenvalue weighted by Gasteiger charge is 2.15. The standard InChI is InChI=1S/C16H17NO5S/c1-21-14-9-5-6-10-15(14)22-16(18)11-17-23(19,20)12-13-7-3-2-4-8-13/h2-10,17H,11-12H2,1H3. The van der Waals surface area contributed by atoms with Gasteiger partial charge in [-0.3, -0.25) is 4.79 Å². The van der Waals surface area contributed by atoms with Crippen LogP contribution in [-0.4, -0.2) is 28.0 Å². The number of esters is 1. The predicted octanol–water partition coefficient (Wildman–Crippen LogP) is 1.72. The van der Waals surface area contributed by atoms with Crippen molar-refractivity contribution in [3.8, 4) is 11.5 Å². The third-order valence-corrected chi connectivity index (χ3v) is 4.23. The van der Waals surface area contributed by atoms with E-state index in [9.17, 15) is 13.2 Å². The van der Waals surface area contributed by atoms with Gasteiger partial charge in [-0.2, -0.15) is 0 Å². The summed E-state index contributed by atoms with van der Waals surface area (Å²) in [5.41, 5.74) is 0.637. The first-order chi connectivity index (χ1) is 11.0. The Morgan fingerprint density at radius 2 is 1.61 bits per heavy atom. The maximum absolute atomic E-state index is 11.9. The lowest BCUT2D eigenvalue weighted by atomic mass is 10.2. The summed E-state index contributed by atoms with van der Waals surface area (Å²) in [6.07, 6.45) is 0. The zero-order chi connectivity index (χ0) is 16.7. The largest absolute Gasteiger partial charge is 0.493 e. The molecule has 0 heterocycles. The Morgan fingerprint density at radius 1 is 1.00 bits per heavy atom. The molecule has 0 aliphatic heterocycles. The number of benzene rings is 2. The van der Waals surface area contributed by atoms with E-state index in [1.165, 1.54) is 7.11 Å². The zero-order valence-electron chi connectivity index (χ0n) is 12.6. The summed E-state index contributed by atoms with van der Waals surface area (Å²) in [6.45, 7) is -0.451. The van der Waals surface area contributed by atoms with Crippen molar-refractivity contribution in [3.05, 3.63) is 60.2 Å². The van der Waals surface area contributed by atoms with Gasteiger partial charge >= 0.3 is 5.97 Å². The Hall–Kier alpha value is -2.38. The van der Waals surface area contributed by atoms with Crippen molar-refractivity contribution in [3.63, 3.8) is 0 Å². The molecule has 0 amide bonds. The monoisotopic (exact) mass is 335 g/mol. The Bertz CT molecular complexity index is 759. The van der Waals surface area contributed by atoms with Crippen LogP contribution >= 0.6 is 0 Å². The second-order valence-electron chi connectivity index (χ2n) is 4.69. The Kier molecular flexibility index (Phi) is 5.72. The number of sulfonamides is 1. The van der Waals surface area contributed by atoms with Gasteiger partial charge in [-0.25, -0.2) is 13.1 Å². The number of nitrogens with one attached hydrogen (secondary N) is 1. The van der Waals surface area contributed by atoms with Gasteiger partial charge in [0.15, 0.2) is 11.5 Å². The van der Waals surface area contributed by atoms with Gasteiger partial charge in [-0.05, 0) is 17.7 Å². The van der Waals surface area contributed by atoms with Crippen LogP contribution in [-0.2, 0) is 20.6 Å². The van der Waals surface area contributed by atoms with E-state index in [0.29, 0.717) is 11.3 Å². The second kappa shape index (κ2) is 7.75. The number of carbonyl (C=O) groups is 1. The summed E-state index contributed by atoms with van der Waals surface area (Å²) >= 11 is 0. The smallest absolute Gasteiger partial charge is 0.326 e. The molecule has 7 heteroatoms. The normalized spacial score (nSPS) is 11.0. The van der Waals surface area contributed by atoms with Gasteiger partial charge in [-0.1, -0.05) is 42.5 Å². The molecule has 6 nitrogen and oxygen atoms in total. The molecule has 2 aromatic rings. The lowest BCUT2D eigenvalue weighted by Gasteiger charge is -2.09. The highest BCUT2D eigenvalue weighted by molar-refractivity contribution is 7.88. The molecule has 0 aliphatic carbocycles. The summed E-state index contributed by atoms with van der Waals surface area (Å²) in [5, 5.41) is 0. The van der Waals surface area contributed by atoms with Crippen molar-refractivity contribution in [2.75, 3.05) is 13.7 Å². The number of hydrogen-bond acceptors (Lipinski definition) is 5. The van der Waals surface area contributed by atoms with Gasteiger partial charge in [0.2, 0.25) is 10.0 Å². The lowest BCUT2D eigenvalue weighted by Crippen LogP contribution is -2.32. The van der Waals surface area contributed by atoms with Crippen LogP contribution in [0.25, 0.3) is 0 Å². The number of methoxy groups -OCH3 is 1. The van der Waals surface area contributed by atoms with Crippen molar-refractivity contribution in [2.45, 2.75) is 5.75 Å². The molecule has 0 unspecified atom stereocenters. The number of carbonyl (C=O) groups excluding carboxylic acids is 1. The van der Waals surface area contributed by atoms with Crippen molar-refractivity contribution >= 4 is 16.0 Å². The molecule has 2 rings (SSSR count). The molecule has 0 fully saturated rings. The molecule has 0 bridgehead atoms. The number of hydrogen-bond donors (Lipinski definition) is 1. The summed E-state index contributed by atoms with van der Waals surface area (Å²) in [4.78, 5) is 11.8. The van der Waals surface area contributed by atoms with Gasteiger partial charge < -0.3 is 9.47 Å². The fourth-order valence-electron chi connectivity index (χ4n) is 1.88. The van der Waals surface area contributed by atoms with Gasteiger partial charge in [-0.15, -0.1) is 0 Å². The molecule has 122 valence electrons. The van der Waals surface area contributed by atoms with Crippen molar-refractivity contribution in [1.82, 2.24) is 4.72 Å². The van der Waals surface area contributed by atoms with Crippen LogP contribution in [0.3, 0.4) is 0 Å². The molecule has 0 aliphatic rings. The van der Waals surface area contributed by atoms with E-state index in [4.69, 9.17) is 9.47 Å². The molecule has 0 saturated carbocycles. The molecule has 0 spiro atoms. The van der Waals surface area contributed by atoms with Crippen LogP contribution < -0.4 is 14.2 Å². The van der Waals surface area contributed by atoms with E-state index in [2.05, 4.69) is 4.72 Å². The Balaban J connectivity index is 1.91. The van der Waals surface area contributed by atoms with Crippen molar-refractivity contribution < 1.29 is 22.7 Å². The maximum atomic E-state index is 11.9. The number of rotatable bonds is 7. The van der Waals surface area contributed by atoms with E-state index in [1.54, 1.807) is 54.6 Å². The van der Waals surface area contributed by atoms with Gasteiger partial charge in [0.25, 0.3) is 0 Å². The van der Waals surface area contributed by atoms with E-state index < -0.39 is 22.5 Å². The Labute approximate surface area is 135 Å². The second-order valence-corrected chi connectivity index (χ2v) is 6.50. The average Bonchev–Trinajstić information content (AvgIpc) is 2.54. The van der Waals surface area contributed by atoms with Gasteiger partial charge in [0, 0.05) is 0 Å². The van der Waals surface area contributed by atoms with Crippen LogP contribution in [0, 0.1) is 0 Å². The first-order valence-corrected chi connectivity index (χ1v) is 8.50. The quantitative estimate of drug-likeness (QED) is 0.615. The molecule has 0 atom stereocenters. The van der Waals surface area contributed by atoms with E-state index >= 15 is 0 Å². The van der Waals surface area contributed by atoms with Gasteiger partial charge in [0.1, 0.15) is 6.54 Å². The molecule has 23 heavy (non-hydrogen) atoms. The van der Waals surface area contributed by atoms with E-state index in [0.717, 1.165) is 0 Å². The van der Waals surface area contributed by atoms with Crippen LogP contribution in [0.15, 0.2) is 54.6 Å². The minimum Gasteiger partial charge on any atom is -0.493 e. The number of ether oxygens (including phenoxy) is 2. The summed E-state index contributed by atoms with van der Waals surface area (Å²) in [5.74, 6) is -0.281. The maximum Gasteiger partial charge on any atom is 0.326 e. The van der Waals surface area contributed by atoms with Crippen LogP contribution in [0.4, 0.5) is 0 Å². The third-order valence-electron chi connectivity index (χ3n) is 2.93. The van der Waals surface area contributed by atoms with E-state index in [-0.39, 0.29) is 11.5 Å². The van der Waals surface area contributed by atoms with Gasteiger partial charge in [0.05, 0.1) is 12.9 Å². The molecule has 0 radical (unpaired) electrons. The molecular formula is C16H17NO5S. The minimum absolute atomic E-state index is 0.199. The summed E-state index contributed by atoms with van der Waals surface area (Å²) in [7, 11) is -2.17. The molecule has 2 aromatic carbocycles. The SMILES string of the molecule is COc1ccccc1OC(=O)CNS(=O)(=O)Cc1ccccc1. The highest BCUT2D eigenvalue weighted by Crippen LogP contribution is 2.25. The molecular weight excluding hydrogens is 318 g/mol. The van der Waals surface area contributed by atoms with Crippen LogP contribution in [0.2, 0.25) is 0 Å². The molecule has 0 saturated heterocycles. The van der Waals surface area contributed by atoms with Crippen molar-refractivity contribution in [2.24, 2.45) is 0 Å². The third kappa shape index (κ3) is 5.39.